The molecule has 0 atom stereocenters. The van der Waals surface area contributed by atoms with Gasteiger partial charge in [-0.05, 0) is 20.8 Å². The van der Waals surface area contributed by atoms with Crippen LogP contribution in [0.1, 0.15) is 27.4 Å². The molecule has 2 aromatic heterocycles. The standard InChI is InChI=1S/C19H23N5S2/c1-4-20-19(23-12-17-21-10-13(2)25-17)22-11-16-14(3)24-18(26-16)15-8-6-5-7-9-15/h5-10H,4,11-12H2,1-3H3,(H2,20,22,23). The topological polar surface area (TPSA) is 62.2 Å². The van der Waals surface area contributed by atoms with Gasteiger partial charge in [0.1, 0.15) is 10.0 Å². The average Bonchev–Trinajstić information content (AvgIpc) is 3.24. The highest BCUT2D eigenvalue weighted by atomic mass is 32.1. The first-order chi connectivity index (χ1) is 12.7. The SMILES string of the molecule is CCNC(=NCc1sc(-c2ccccc2)nc1C)NCc1ncc(C)s1. The Morgan fingerprint density at radius 3 is 2.62 bits per heavy atom. The number of aryl methyl sites for hydroxylation is 2. The zero-order valence-corrected chi connectivity index (χ0v) is 16.9. The minimum absolute atomic E-state index is 0.614. The molecule has 0 unspecified atom stereocenters. The largest absolute Gasteiger partial charge is 0.357 e. The van der Waals surface area contributed by atoms with Crippen molar-refractivity contribution in [1.82, 2.24) is 20.6 Å². The molecule has 0 aliphatic carbocycles. The first-order valence-corrected chi connectivity index (χ1v) is 10.2. The van der Waals surface area contributed by atoms with Gasteiger partial charge < -0.3 is 10.6 Å². The van der Waals surface area contributed by atoms with Gasteiger partial charge in [0.15, 0.2) is 5.96 Å². The lowest BCUT2D eigenvalue weighted by atomic mass is 10.2. The molecule has 2 N–H and O–H groups in total. The monoisotopic (exact) mass is 385 g/mol. The predicted molar refractivity (Wildman–Crippen MR) is 111 cm³/mol. The smallest absolute Gasteiger partial charge is 0.191 e. The molecule has 0 fully saturated rings. The van der Waals surface area contributed by atoms with E-state index in [1.807, 2.05) is 31.3 Å². The molecule has 3 rings (SSSR count). The highest BCUT2D eigenvalue weighted by molar-refractivity contribution is 7.15. The van der Waals surface area contributed by atoms with Gasteiger partial charge in [-0.3, -0.25) is 0 Å². The van der Waals surface area contributed by atoms with Gasteiger partial charge in [0.05, 0.1) is 18.8 Å². The normalized spacial score (nSPS) is 11.6. The lowest BCUT2D eigenvalue weighted by Crippen LogP contribution is -2.36. The summed E-state index contributed by atoms with van der Waals surface area (Å²) in [5.41, 5.74) is 2.20. The zero-order valence-electron chi connectivity index (χ0n) is 15.2. The van der Waals surface area contributed by atoms with Crippen LogP contribution in [-0.4, -0.2) is 22.5 Å². The summed E-state index contributed by atoms with van der Waals surface area (Å²) in [5.74, 6) is 0.800. The van der Waals surface area contributed by atoms with E-state index >= 15 is 0 Å². The Hall–Kier alpha value is -2.25. The molecule has 7 heteroatoms. The van der Waals surface area contributed by atoms with E-state index in [1.54, 1.807) is 22.7 Å². The zero-order chi connectivity index (χ0) is 18.4. The van der Waals surface area contributed by atoms with Crippen molar-refractivity contribution in [2.45, 2.75) is 33.9 Å². The fraction of sp³-hybridized carbons (Fsp3) is 0.316. The molecule has 26 heavy (non-hydrogen) atoms. The third kappa shape index (κ3) is 4.89. The molecule has 5 nitrogen and oxygen atoms in total. The van der Waals surface area contributed by atoms with E-state index in [-0.39, 0.29) is 0 Å². The van der Waals surface area contributed by atoms with Crippen LogP contribution >= 0.6 is 22.7 Å². The molecule has 0 bridgehead atoms. The Balaban J connectivity index is 1.68. The number of hydrogen-bond donors (Lipinski definition) is 2. The molecular formula is C19H23N5S2. The second kappa shape index (κ2) is 8.91. The van der Waals surface area contributed by atoms with E-state index in [1.165, 1.54) is 9.75 Å². The van der Waals surface area contributed by atoms with Crippen LogP contribution in [-0.2, 0) is 13.1 Å². The Labute approximate surface area is 162 Å². The Kier molecular flexibility index (Phi) is 6.35. The molecule has 0 saturated carbocycles. The average molecular weight is 386 g/mol. The highest BCUT2D eigenvalue weighted by Gasteiger charge is 2.09. The number of thiazole rings is 2. The molecule has 0 aliphatic rings. The van der Waals surface area contributed by atoms with E-state index in [2.05, 4.69) is 41.6 Å². The van der Waals surface area contributed by atoms with Crippen LogP contribution in [0.4, 0.5) is 0 Å². The molecule has 1 aromatic carbocycles. The number of nitrogens with zero attached hydrogens (tertiary/aromatic N) is 3. The van der Waals surface area contributed by atoms with Gasteiger partial charge in [0.2, 0.25) is 0 Å². The van der Waals surface area contributed by atoms with Gasteiger partial charge in [0.25, 0.3) is 0 Å². The molecular weight excluding hydrogens is 362 g/mol. The van der Waals surface area contributed by atoms with Crippen LogP contribution in [0.2, 0.25) is 0 Å². The fourth-order valence-electron chi connectivity index (χ4n) is 2.41. The summed E-state index contributed by atoms with van der Waals surface area (Å²) in [6, 6.07) is 10.3. The number of aromatic nitrogens is 2. The molecule has 3 aromatic rings. The lowest BCUT2D eigenvalue weighted by Gasteiger charge is -2.09. The minimum atomic E-state index is 0.614. The summed E-state index contributed by atoms with van der Waals surface area (Å²) in [6.07, 6.45) is 1.90. The maximum absolute atomic E-state index is 4.72. The molecule has 0 saturated heterocycles. The van der Waals surface area contributed by atoms with Crippen molar-refractivity contribution < 1.29 is 0 Å². The molecule has 2 heterocycles. The molecule has 0 aliphatic heterocycles. The van der Waals surface area contributed by atoms with Gasteiger partial charge >= 0.3 is 0 Å². The number of guanidine groups is 1. The van der Waals surface area contributed by atoms with Gasteiger partial charge in [-0.25, -0.2) is 15.0 Å². The van der Waals surface area contributed by atoms with Crippen molar-refractivity contribution in [3.63, 3.8) is 0 Å². The first kappa shape index (κ1) is 18.5. The van der Waals surface area contributed by atoms with E-state index in [9.17, 15) is 0 Å². The summed E-state index contributed by atoms with van der Waals surface area (Å²) >= 11 is 3.41. The maximum Gasteiger partial charge on any atom is 0.191 e. The fourth-order valence-corrected chi connectivity index (χ4v) is 4.13. The quantitative estimate of drug-likeness (QED) is 0.494. The second-order valence-electron chi connectivity index (χ2n) is 5.81. The predicted octanol–water partition coefficient (Wildman–Crippen LogP) is 4.14. The molecule has 0 amide bonds. The van der Waals surface area contributed by atoms with E-state index < -0.39 is 0 Å². The Morgan fingerprint density at radius 1 is 1.12 bits per heavy atom. The van der Waals surface area contributed by atoms with E-state index in [4.69, 9.17) is 9.98 Å². The first-order valence-electron chi connectivity index (χ1n) is 8.61. The van der Waals surface area contributed by atoms with Crippen LogP contribution in [0.5, 0.6) is 0 Å². The highest BCUT2D eigenvalue weighted by Crippen LogP contribution is 2.28. The number of hydrogen-bond acceptors (Lipinski definition) is 5. The van der Waals surface area contributed by atoms with Crippen molar-refractivity contribution in [3.8, 4) is 10.6 Å². The maximum atomic E-state index is 4.72. The molecule has 0 radical (unpaired) electrons. The van der Waals surface area contributed by atoms with Crippen LogP contribution in [0.3, 0.4) is 0 Å². The van der Waals surface area contributed by atoms with Crippen molar-refractivity contribution in [2.24, 2.45) is 4.99 Å². The van der Waals surface area contributed by atoms with Crippen molar-refractivity contribution in [1.29, 1.82) is 0 Å². The number of nitrogens with one attached hydrogen (secondary N) is 2. The summed E-state index contributed by atoms with van der Waals surface area (Å²) < 4.78 is 0. The Morgan fingerprint density at radius 2 is 1.92 bits per heavy atom. The van der Waals surface area contributed by atoms with Gasteiger partial charge in [0, 0.05) is 28.1 Å². The molecule has 136 valence electrons. The van der Waals surface area contributed by atoms with E-state index in [0.717, 1.165) is 33.8 Å². The minimum Gasteiger partial charge on any atom is -0.357 e. The van der Waals surface area contributed by atoms with Crippen LogP contribution in [0.15, 0.2) is 41.5 Å². The summed E-state index contributed by atoms with van der Waals surface area (Å²) in [4.78, 5) is 16.2. The third-order valence-corrected chi connectivity index (χ3v) is 5.82. The van der Waals surface area contributed by atoms with E-state index in [0.29, 0.717) is 13.1 Å². The summed E-state index contributed by atoms with van der Waals surface area (Å²) in [7, 11) is 0. The lowest BCUT2D eigenvalue weighted by molar-refractivity contribution is 0.812. The Bertz CT molecular complexity index is 867. The number of aliphatic imine (C=N–C) groups is 1. The summed E-state index contributed by atoms with van der Waals surface area (Å²) in [5, 5.41) is 8.75. The number of benzene rings is 1. The van der Waals surface area contributed by atoms with Gasteiger partial charge in [-0.2, -0.15) is 0 Å². The van der Waals surface area contributed by atoms with Crippen molar-refractivity contribution in [2.75, 3.05) is 6.54 Å². The van der Waals surface area contributed by atoms with Crippen LogP contribution in [0.25, 0.3) is 10.6 Å². The van der Waals surface area contributed by atoms with Crippen LogP contribution in [0, 0.1) is 13.8 Å². The van der Waals surface area contributed by atoms with Gasteiger partial charge in [-0.1, -0.05) is 30.3 Å². The van der Waals surface area contributed by atoms with Crippen molar-refractivity contribution >= 4 is 28.6 Å². The molecule has 0 spiro atoms. The number of rotatable bonds is 6. The second-order valence-corrected chi connectivity index (χ2v) is 8.21. The van der Waals surface area contributed by atoms with Crippen molar-refractivity contribution in [3.05, 3.63) is 57.0 Å². The van der Waals surface area contributed by atoms with Gasteiger partial charge in [-0.15, -0.1) is 22.7 Å². The third-order valence-electron chi connectivity index (χ3n) is 3.71. The van der Waals surface area contributed by atoms with Crippen LogP contribution < -0.4 is 10.6 Å². The summed E-state index contributed by atoms with van der Waals surface area (Å²) in [6.45, 7) is 8.30.